The molecule has 1 aromatic carbocycles. The zero-order chi connectivity index (χ0) is 20.1. The Balaban J connectivity index is 1.37. The normalized spacial score (nSPS) is 15.2. The Hall–Kier alpha value is -2.99. The van der Waals surface area contributed by atoms with E-state index in [1.165, 1.54) is 11.1 Å². The summed E-state index contributed by atoms with van der Waals surface area (Å²) >= 11 is 0. The number of hydrogen-bond donors (Lipinski definition) is 1. The number of benzene rings is 1. The average molecular weight is 390 g/mol. The first-order valence-corrected chi connectivity index (χ1v) is 10.1. The van der Waals surface area contributed by atoms with Crippen LogP contribution in [0, 0.1) is 6.92 Å². The molecule has 1 fully saturated rings. The standard InChI is InChI=1S/C23H27N5O/c1-17-7-8-19(21(15-17)29-2)16-28-13-9-18(10-14-28)20-5-3-6-22(26-20)27-23-24-11-4-12-25-23/h3-8,11-12,15,18H,9-10,13-14,16H2,1-2H3,(H,24,25,26,27). The largest absolute Gasteiger partial charge is 0.496 e. The molecule has 3 aromatic rings. The number of hydrogen-bond acceptors (Lipinski definition) is 6. The van der Waals surface area contributed by atoms with Gasteiger partial charge in [0.05, 0.1) is 7.11 Å². The van der Waals surface area contributed by atoms with Crippen molar-refractivity contribution in [1.82, 2.24) is 19.9 Å². The van der Waals surface area contributed by atoms with Crippen LogP contribution in [-0.2, 0) is 6.54 Å². The molecule has 0 aliphatic carbocycles. The number of pyridine rings is 1. The van der Waals surface area contributed by atoms with Gasteiger partial charge < -0.3 is 10.1 Å². The molecular formula is C23H27N5O. The molecule has 150 valence electrons. The molecule has 1 aliphatic rings. The van der Waals surface area contributed by atoms with Crippen LogP contribution in [0.4, 0.5) is 11.8 Å². The van der Waals surface area contributed by atoms with E-state index in [0.29, 0.717) is 11.9 Å². The van der Waals surface area contributed by atoms with Gasteiger partial charge in [0.2, 0.25) is 5.95 Å². The Bertz CT molecular complexity index is 939. The molecule has 3 heterocycles. The number of rotatable bonds is 6. The number of ether oxygens (including phenoxy) is 1. The summed E-state index contributed by atoms with van der Waals surface area (Å²) in [4.78, 5) is 15.7. The van der Waals surface area contributed by atoms with E-state index in [1.807, 2.05) is 6.07 Å². The molecule has 1 N–H and O–H groups in total. The van der Waals surface area contributed by atoms with E-state index in [9.17, 15) is 0 Å². The maximum atomic E-state index is 5.57. The highest BCUT2D eigenvalue weighted by molar-refractivity contribution is 5.47. The van der Waals surface area contributed by atoms with Crippen molar-refractivity contribution < 1.29 is 4.74 Å². The third-order valence-electron chi connectivity index (χ3n) is 5.42. The third kappa shape index (κ3) is 4.90. The van der Waals surface area contributed by atoms with E-state index in [0.717, 1.165) is 49.7 Å². The minimum Gasteiger partial charge on any atom is -0.496 e. The minimum absolute atomic E-state index is 0.476. The smallest absolute Gasteiger partial charge is 0.228 e. The molecule has 6 nitrogen and oxygen atoms in total. The lowest BCUT2D eigenvalue weighted by Gasteiger charge is -2.32. The Morgan fingerprint density at radius 3 is 2.62 bits per heavy atom. The first kappa shape index (κ1) is 19.3. The second kappa shape index (κ2) is 9.01. The Kier molecular flexibility index (Phi) is 6.00. The maximum Gasteiger partial charge on any atom is 0.228 e. The van der Waals surface area contributed by atoms with Crippen molar-refractivity contribution in [3.63, 3.8) is 0 Å². The second-order valence-electron chi connectivity index (χ2n) is 7.51. The Labute approximate surface area is 172 Å². The molecule has 0 saturated carbocycles. The van der Waals surface area contributed by atoms with E-state index in [1.54, 1.807) is 25.6 Å². The molecule has 0 spiro atoms. The van der Waals surface area contributed by atoms with Crippen LogP contribution in [-0.4, -0.2) is 40.1 Å². The maximum absolute atomic E-state index is 5.57. The molecule has 0 bridgehead atoms. The molecule has 0 atom stereocenters. The fourth-order valence-corrected chi connectivity index (χ4v) is 3.84. The highest BCUT2D eigenvalue weighted by Gasteiger charge is 2.22. The van der Waals surface area contributed by atoms with Crippen molar-refractivity contribution in [2.24, 2.45) is 0 Å². The molecule has 0 unspecified atom stereocenters. The molecule has 0 radical (unpaired) electrons. The van der Waals surface area contributed by atoms with E-state index in [-0.39, 0.29) is 0 Å². The predicted molar refractivity (Wildman–Crippen MR) is 115 cm³/mol. The fraction of sp³-hybridized carbons (Fsp3) is 0.348. The lowest BCUT2D eigenvalue weighted by Crippen LogP contribution is -2.32. The van der Waals surface area contributed by atoms with E-state index in [4.69, 9.17) is 9.72 Å². The SMILES string of the molecule is COc1cc(C)ccc1CN1CCC(c2cccc(Nc3ncccn3)n2)CC1. The topological polar surface area (TPSA) is 63.2 Å². The first-order chi connectivity index (χ1) is 14.2. The van der Waals surface area contributed by atoms with Crippen LogP contribution in [0.2, 0.25) is 0 Å². The van der Waals surface area contributed by atoms with Crippen molar-refractivity contribution in [1.29, 1.82) is 0 Å². The number of methoxy groups -OCH3 is 1. The number of piperidine rings is 1. The van der Waals surface area contributed by atoms with Crippen LogP contribution in [0.15, 0.2) is 54.9 Å². The summed E-state index contributed by atoms with van der Waals surface area (Å²) < 4.78 is 5.57. The summed E-state index contributed by atoms with van der Waals surface area (Å²) in [5.41, 5.74) is 3.62. The minimum atomic E-state index is 0.476. The zero-order valence-corrected chi connectivity index (χ0v) is 17.0. The van der Waals surface area contributed by atoms with Gasteiger partial charge in [0.15, 0.2) is 0 Å². The van der Waals surface area contributed by atoms with E-state index < -0.39 is 0 Å². The van der Waals surface area contributed by atoms with Crippen LogP contribution in [0.5, 0.6) is 5.75 Å². The molecule has 0 amide bonds. The fourth-order valence-electron chi connectivity index (χ4n) is 3.84. The van der Waals surface area contributed by atoms with Crippen LogP contribution < -0.4 is 10.1 Å². The molecule has 1 aliphatic heterocycles. The summed E-state index contributed by atoms with van der Waals surface area (Å²) in [7, 11) is 1.75. The highest BCUT2D eigenvalue weighted by atomic mass is 16.5. The van der Waals surface area contributed by atoms with Crippen molar-refractivity contribution in [2.75, 3.05) is 25.5 Å². The first-order valence-electron chi connectivity index (χ1n) is 10.1. The van der Waals surface area contributed by atoms with Crippen LogP contribution in [0.25, 0.3) is 0 Å². The monoisotopic (exact) mass is 389 g/mol. The molecule has 2 aromatic heterocycles. The molecule has 1 saturated heterocycles. The van der Waals surface area contributed by atoms with Crippen molar-refractivity contribution >= 4 is 11.8 Å². The number of anilines is 2. The van der Waals surface area contributed by atoms with Gasteiger partial charge in [-0.25, -0.2) is 15.0 Å². The highest BCUT2D eigenvalue weighted by Crippen LogP contribution is 2.30. The van der Waals surface area contributed by atoms with E-state index in [2.05, 4.69) is 57.4 Å². The van der Waals surface area contributed by atoms with Gasteiger partial charge in [0, 0.05) is 36.1 Å². The van der Waals surface area contributed by atoms with Gasteiger partial charge >= 0.3 is 0 Å². The van der Waals surface area contributed by atoms with Gasteiger partial charge in [-0.1, -0.05) is 18.2 Å². The summed E-state index contributed by atoms with van der Waals surface area (Å²) in [6.45, 7) is 5.14. The zero-order valence-electron chi connectivity index (χ0n) is 17.0. The summed E-state index contributed by atoms with van der Waals surface area (Å²) in [6, 6.07) is 14.4. The van der Waals surface area contributed by atoms with Gasteiger partial charge in [0.25, 0.3) is 0 Å². The number of aromatic nitrogens is 3. The summed E-state index contributed by atoms with van der Waals surface area (Å²) in [5, 5.41) is 3.18. The number of nitrogens with zero attached hydrogens (tertiary/aromatic N) is 4. The molecule has 6 heteroatoms. The third-order valence-corrected chi connectivity index (χ3v) is 5.42. The number of nitrogens with one attached hydrogen (secondary N) is 1. The lowest BCUT2D eigenvalue weighted by molar-refractivity contribution is 0.201. The van der Waals surface area contributed by atoms with Crippen molar-refractivity contribution in [3.8, 4) is 5.75 Å². The number of likely N-dealkylation sites (tertiary alicyclic amines) is 1. The van der Waals surface area contributed by atoms with Crippen LogP contribution in [0.1, 0.15) is 35.6 Å². The average Bonchev–Trinajstić information content (AvgIpc) is 2.76. The van der Waals surface area contributed by atoms with Gasteiger partial charge in [-0.3, -0.25) is 4.90 Å². The summed E-state index contributed by atoms with van der Waals surface area (Å²) in [5.74, 6) is 2.82. The second-order valence-corrected chi connectivity index (χ2v) is 7.51. The van der Waals surface area contributed by atoms with Crippen LogP contribution in [0.3, 0.4) is 0 Å². The predicted octanol–water partition coefficient (Wildman–Crippen LogP) is 4.31. The number of aryl methyl sites for hydroxylation is 1. The quantitative estimate of drug-likeness (QED) is 0.678. The van der Waals surface area contributed by atoms with Gasteiger partial charge in [0.1, 0.15) is 11.6 Å². The molecule has 29 heavy (non-hydrogen) atoms. The van der Waals surface area contributed by atoms with E-state index >= 15 is 0 Å². The van der Waals surface area contributed by atoms with Gasteiger partial charge in [-0.05, 0) is 62.7 Å². The Morgan fingerprint density at radius 1 is 1.07 bits per heavy atom. The molecular weight excluding hydrogens is 362 g/mol. The lowest BCUT2D eigenvalue weighted by atomic mass is 9.92. The van der Waals surface area contributed by atoms with Crippen molar-refractivity contribution in [3.05, 3.63) is 71.7 Å². The van der Waals surface area contributed by atoms with Crippen molar-refractivity contribution in [2.45, 2.75) is 32.2 Å². The summed E-state index contributed by atoms with van der Waals surface area (Å²) in [6.07, 6.45) is 5.65. The van der Waals surface area contributed by atoms with Gasteiger partial charge in [-0.15, -0.1) is 0 Å². The Morgan fingerprint density at radius 2 is 1.86 bits per heavy atom. The van der Waals surface area contributed by atoms with Crippen LogP contribution >= 0.6 is 0 Å². The molecule has 4 rings (SSSR count). The van der Waals surface area contributed by atoms with Gasteiger partial charge in [-0.2, -0.15) is 0 Å².